The maximum absolute atomic E-state index is 12.7. The Labute approximate surface area is 142 Å². The molecule has 3 rings (SSSR count). The number of Topliss-reactive ketones (excluding diaryl/α,β-unsaturated/α-hetero) is 2. The molecule has 0 aliphatic carbocycles. The first-order chi connectivity index (χ1) is 11.4. The normalized spacial score (nSPS) is 12.1. The van der Waals surface area contributed by atoms with E-state index in [4.69, 9.17) is 11.6 Å². The van der Waals surface area contributed by atoms with Crippen LogP contribution in [-0.2, 0) is 7.05 Å². The van der Waals surface area contributed by atoms with E-state index in [0.29, 0.717) is 15.9 Å². The smallest absolute Gasteiger partial charge is 0.208 e. The molecule has 0 bridgehead atoms. The molecule has 3 aromatic rings. The average Bonchev–Trinajstić information content (AvgIpc) is 3.11. The molecule has 24 heavy (non-hydrogen) atoms. The van der Waals surface area contributed by atoms with Gasteiger partial charge in [-0.2, -0.15) is 10.4 Å². The fourth-order valence-corrected chi connectivity index (χ4v) is 2.70. The van der Waals surface area contributed by atoms with E-state index in [9.17, 15) is 14.9 Å². The molecule has 0 saturated heterocycles. The molecule has 7 heteroatoms. The van der Waals surface area contributed by atoms with Crippen molar-refractivity contribution in [3.05, 3.63) is 52.4 Å². The number of rotatable bonds is 4. The summed E-state index contributed by atoms with van der Waals surface area (Å²) < 4.78 is 1.53. The lowest BCUT2D eigenvalue weighted by molar-refractivity contribution is 0.0843. The van der Waals surface area contributed by atoms with Gasteiger partial charge in [0.15, 0.2) is 11.7 Å². The second-order valence-electron chi connectivity index (χ2n) is 5.48. The van der Waals surface area contributed by atoms with Crippen LogP contribution < -0.4 is 0 Å². The van der Waals surface area contributed by atoms with E-state index in [1.165, 1.54) is 10.9 Å². The first-order valence-electron chi connectivity index (χ1n) is 7.17. The van der Waals surface area contributed by atoms with Crippen molar-refractivity contribution in [2.24, 2.45) is 13.0 Å². The quantitative estimate of drug-likeness (QED) is 0.583. The van der Waals surface area contributed by atoms with Gasteiger partial charge in [0.05, 0.1) is 6.07 Å². The van der Waals surface area contributed by atoms with Gasteiger partial charge in [0, 0.05) is 40.4 Å². The summed E-state index contributed by atoms with van der Waals surface area (Å²) in [4.78, 5) is 28.2. The Hall–Kier alpha value is -2.91. The predicted octanol–water partition coefficient (Wildman–Crippen LogP) is 3.07. The molecule has 1 atom stereocenters. The van der Waals surface area contributed by atoms with Crippen molar-refractivity contribution in [3.8, 4) is 6.07 Å². The van der Waals surface area contributed by atoms with E-state index >= 15 is 0 Å². The topological polar surface area (TPSA) is 91.5 Å². The standard InChI is InChI=1S/C17H13ClN4O2/c1-9-5-15(21-22(9)2)17(24)12(7-19)16(23)13-8-20-14-6-10(18)3-4-11(13)14/h3-6,8,12,20H,1-2H3. The number of aryl methyl sites for hydroxylation is 2. The lowest BCUT2D eigenvalue weighted by Crippen LogP contribution is -2.23. The van der Waals surface area contributed by atoms with Crippen molar-refractivity contribution in [3.63, 3.8) is 0 Å². The fraction of sp³-hybridized carbons (Fsp3) is 0.176. The van der Waals surface area contributed by atoms with Crippen molar-refractivity contribution in [1.82, 2.24) is 14.8 Å². The Bertz CT molecular complexity index is 990. The zero-order valence-electron chi connectivity index (χ0n) is 13.0. The number of aromatic nitrogens is 3. The van der Waals surface area contributed by atoms with Gasteiger partial charge in [-0.15, -0.1) is 0 Å². The molecule has 2 aromatic heterocycles. The van der Waals surface area contributed by atoms with E-state index in [-0.39, 0.29) is 11.3 Å². The molecule has 0 aliphatic heterocycles. The number of nitrogens with zero attached hydrogens (tertiary/aromatic N) is 3. The van der Waals surface area contributed by atoms with E-state index in [2.05, 4.69) is 10.1 Å². The second kappa shape index (κ2) is 5.95. The molecule has 0 aliphatic rings. The highest BCUT2D eigenvalue weighted by Crippen LogP contribution is 2.25. The van der Waals surface area contributed by atoms with Crippen LogP contribution in [0.3, 0.4) is 0 Å². The van der Waals surface area contributed by atoms with E-state index < -0.39 is 17.5 Å². The van der Waals surface area contributed by atoms with E-state index in [0.717, 1.165) is 5.69 Å². The maximum Gasteiger partial charge on any atom is 0.208 e. The number of benzene rings is 1. The Morgan fingerprint density at radius 3 is 2.71 bits per heavy atom. The Morgan fingerprint density at radius 2 is 2.08 bits per heavy atom. The van der Waals surface area contributed by atoms with Crippen LogP contribution in [0.25, 0.3) is 10.9 Å². The third-order valence-corrected chi connectivity index (χ3v) is 4.16. The predicted molar refractivity (Wildman–Crippen MR) is 89.0 cm³/mol. The summed E-state index contributed by atoms with van der Waals surface area (Å²) in [6.07, 6.45) is 1.49. The van der Waals surface area contributed by atoms with E-state index in [1.54, 1.807) is 44.3 Å². The third-order valence-electron chi connectivity index (χ3n) is 3.93. The molecule has 120 valence electrons. The molecule has 0 amide bonds. The molecule has 0 radical (unpaired) electrons. The molecule has 1 unspecified atom stereocenters. The van der Waals surface area contributed by atoms with Gasteiger partial charge in [0.2, 0.25) is 5.78 Å². The minimum atomic E-state index is -1.44. The summed E-state index contributed by atoms with van der Waals surface area (Å²) in [6.45, 7) is 1.79. The number of H-pyrrole nitrogens is 1. The van der Waals surface area contributed by atoms with Crippen molar-refractivity contribution >= 4 is 34.1 Å². The van der Waals surface area contributed by atoms with Crippen LogP contribution in [-0.4, -0.2) is 26.3 Å². The Morgan fingerprint density at radius 1 is 1.33 bits per heavy atom. The monoisotopic (exact) mass is 340 g/mol. The van der Waals surface area contributed by atoms with Crippen LogP contribution in [0, 0.1) is 24.2 Å². The number of ketones is 2. The highest BCUT2D eigenvalue weighted by atomic mass is 35.5. The van der Waals surface area contributed by atoms with Crippen LogP contribution in [0.4, 0.5) is 0 Å². The zero-order valence-corrected chi connectivity index (χ0v) is 13.8. The Balaban J connectivity index is 1.99. The molecule has 0 fully saturated rings. The number of fused-ring (bicyclic) bond motifs is 1. The zero-order chi connectivity index (χ0) is 17.4. The first-order valence-corrected chi connectivity index (χ1v) is 7.55. The van der Waals surface area contributed by atoms with Crippen molar-refractivity contribution in [1.29, 1.82) is 5.26 Å². The van der Waals surface area contributed by atoms with Gasteiger partial charge in [-0.3, -0.25) is 14.3 Å². The summed E-state index contributed by atoms with van der Waals surface area (Å²) >= 11 is 5.92. The lowest BCUT2D eigenvalue weighted by atomic mass is 9.93. The van der Waals surface area contributed by atoms with Gasteiger partial charge in [0.25, 0.3) is 0 Å². The molecular weight excluding hydrogens is 328 g/mol. The fourth-order valence-electron chi connectivity index (χ4n) is 2.52. The third kappa shape index (κ3) is 2.59. The van der Waals surface area contributed by atoms with Crippen molar-refractivity contribution < 1.29 is 9.59 Å². The van der Waals surface area contributed by atoms with Gasteiger partial charge in [0.1, 0.15) is 5.69 Å². The molecular formula is C17H13ClN4O2. The Kier molecular flexibility index (Phi) is 3.96. The maximum atomic E-state index is 12.7. The minimum absolute atomic E-state index is 0.109. The lowest BCUT2D eigenvalue weighted by Gasteiger charge is -2.05. The van der Waals surface area contributed by atoms with E-state index in [1.807, 2.05) is 0 Å². The second-order valence-corrected chi connectivity index (χ2v) is 5.91. The van der Waals surface area contributed by atoms with Crippen LogP contribution in [0.15, 0.2) is 30.5 Å². The number of nitriles is 1. The van der Waals surface area contributed by atoms with Gasteiger partial charge in [-0.1, -0.05) is 17.7 Å². The number of nitrogens with one attached hydrogen (secondary N) is 1. The van der Waals surface area contributed by atoms with Crippen LogP contribution in [0.2, 0.25) is 5.02 Å². The summed E-state index contributed by atoms with van der Waals surface area (Å²) in [7, 11) is 1.69. The summed E-state index contributed by atoms with van der Waals surface area (Å²) in [6, 6.07) is 8.39. The van der Waals surface area contributed by atoms with Gasteiger partial charge in [-0.25, -0.2) is 0 Å². The van der Waals surface area contributed by atoms with Crippen LogP contribution >= 0.6 is 11.6 Å². The molecule has 1 N–H and O–H groups in total. The molecule has 2 heterocycles. The number of carbonyl (C=O) groups excluding carboxylic acids is 2. The van der Waals surface area contributed by atoms with Crippen molar-refractivity contribution in [2.45, 2.75) is 6.92 Å². The van der Waals surface area contributed by atoms with Gasteiger partial charge < -0.3 is 4.98 Å². The van der Waals surface area contributed by atoms with Gasteiger partial charge in [-0.05, 0) is 25.1 Å². The first kappa shape index (κ1) is 16.0. The highest BCUT2D eigenvalue weighted by Gasteiger charge is 2.31. The molecule has 6 nitrogen and oxygen atoms in total. The highest BCUT2D eigenvalue weighted by molar-refractivity contribution is 6.31. The SMILES string of the molecule is Cc1cc(C(=O)C(C#N)C(=O)c2c[nH]c3cc(Cl)ccc23)nn1C. The van der Waals surface area contributed by atoms with Crippen LogP contribution in [0.5, 0.6) is 0 Å². The molecule has 0 spiro atoms. The largest absolute Gasteiger partial charge is 0.360 e. The summed E-state index contributed by atoms with van der Waals surface area (Å²) in [5.74, 6) is -2.59. The number of hydrogen-bond acceptors (Lipinski definition) is 4. The number of halogens is 1. The summed E-state index contributed by atoms with van der Waals surface area (Å²) in [5.41, 5.74) is 1.83. The number of aromatic amines is 1. The number of carbonyl (C=O) groups is 2. The molecule has 0 saturated carbocycles. The summed E-state index contributed by atoms with van der Waals surface area (Å²) in [5, 5.41) is 14.6. The number of hydrogen-bond donors (Lipinski definition) is 1. The minimum Gasteiger partial charge on any atom is -0.360 e. The molecule has 1 aromatic carbocycles. The van der Waals surface area contributed by atoms with Gasteiger partial charge >= 0.3 is 0 Å². The van der Waals surface area contributed by atoms with Crippen LogP contribution in [0.1, 0.15) is 26.5 Å². The average molecular weight is 341 g/mol. The van der Waals surface area contributed by atoms with Crippen molar-refractivity contribution in [2.75, 3.05) is 0 Å².